The third-order valence-electron chi connectivity index (χ3n) is 3.80. The Labute approximate surface area is 132 Å². The first-order valence-corrected chi connectivity index (χ1v) is 7.82. The summed E-state index contributed by atoms with van der Waals surface area (Å²) in [6, 6.07) is 7.15. The van der Waals surface area contributed by atoms with Gasteiger partial charge >= 0.3 is 0 Å². The SMILES string of the molecule is CC(=O)Nc1ccc(NC(=O)CN2C[C@@H](C)C[C@H](C)C2)cc1. The molecule has 0 bridgehead atoms. The van der Waals surface area contributed by atoms with E-state index in [1.807, 2.05) is 0 Å². The van der Waals surface area contributed by atoms with Crippen LogP contribution in [0, 0.1) is 11.8 Å². The highest BCUT2D eigenvalue weighted by Gasteiger charge is 2.23. The summed E-state index contributed by atoms with van der Waals surface area (Å²) in [4.78, 5) is 25.3. The van der Waals surface area contributed by atoms with Crippen molar-refractivity contribution in [3.8, 4) is 0 Å². The number of anilines is 2. The lowest BCUT2D eigenvalue weighted by atomic mass is 9.92. The first-order valence-electron chi connectivity index (χ1n) is 7.82. The zero-order valence-corrected chi connectivity index (χ0v) is 13.6. The number of nitrogens with zero attached hydrogens (tertiary/aromatic N) is 1. The van der Waals surface area contributed by atoms with Crippen LogP contribution < -0.4 is 10.6 Å². The molecule has 1 aliphatic rings. The van der Waals surface area contributed by atoms with Crippen molar-refractivity contribution in [2.24, 2.45) is 11.8 Å². The van der Waals surface area contributed by atoms with Crippen LogP contribution in [0.5, 0.6) is 0 Å². The van der Waals surface area contributed by atoms with Gasteiger partial charge in [0.05, 0.1) is 6.54 Å². The van der Waals surface area contributed by atoms with Gasteiger partial charge in [0.1, 0.15) is 0 Å². The number of nitrogens with one attached hydrogen (secondary N) is 2. The lowest BCUT2D eigenvalue weighted by Crippen LogP contribution is -2.42. The molecule has 0 aliphatic carbocycles. The van der Waals surface area contributed by atoms with E-state index < -0.39 is 0 Å². The van der Waals surface area contributed by atoms with E-state index in [1.165, 1.54) is 13.3 Å². The fourth-order valence-corrected chi connectivity index (χ4v) is 3.16. The Morgan fingerprint density at radius 3 is 2.05 bits per heavy atom. The van der Waals surface area contributed by atoms with Gasteiger partial charge in [-0.1, -0.05) is 13.8 Å². The zero-order chi connectivity index (χ0) is 16.1. The molecule has 1 aromatic rings. The number of piperidine rings is 1. The van der Waals surface area contributed by atoms with Gasteiger partial charge in [-0.05, 0) is 42.5 Å². The van der Waals surface area contributed by atoms with E-state index in [1.54, 1.807) is 24.3 Å². The summed E-state index contributed by atoms with van der Waals surface area (Å²) in [5.74, 6) is 1.20. The minimum Gasteiger partial charge on any atom is -0.326 e. The molecule has 5 nitrogen and oxygen atoms in total. The van der Waals surface area contributed by atoms with Crippen molar-refractivity contribution >= 4 is 23.2 Å². The summed E-state index contributed by atoms with van der Waals surface area (Å²) in [6.45, 7) is 8.35. The van der Waals surface area contributed by atoms with Gasteiger partial charge in [-0.25, -0.2) is 0 Å². The van der Waals surface area contributed by atoms with Crippen LogP contribution in [0.2, 0.25) is 0 Å². The van der Waals surface area contributed by atoms with E-state index in [0.717, 1.165) is 24.5 Å². The average Bonchev–Trinajstić information content (AvgIpc) is 2.39. The molecule has 2 amide bonds. The highest BCUT2D eigenvalue weighted by atomic mass is 16.2. The Morgan fingerprint density at radius 2 is 1.55 bits per heavy atom. The summed E-state index contributed by atoms with van der Waals surface area (Å²) in [6.07, 6.45) is 1.24. The molecule has 1 aromatic carbocycles. The van der Waals surface area contributed by atoms with E-state index >= 15 is 0 Å². The number of amides is 2. The molecule has 1 saturated heterocycles. The number of benzene rings is 1. The van der Waals surface area contributed by atoms with Gasteiger partial charge in [-0.3, -0.25) is 14.5 Å². The van der Waals surface area contributed by atoms with Crippen molar-refractivity contribution in [1.29, 1.82) is 0 Å². The Kier molecular flexibility index (Phi) is 5.55. The van der Waals surface area contributed by atoms with Gasteiger partial charge in [-0.15, -0.1) is 0 Å². The smallest absolute Gasteiger partial charge is 0.238 e. The monoisotopic (exact) mass is 303 g/mol. The lowest BCUT2D eigenvalue weighted by molar-refractivity contribution is -0.118. The maximum absolute atomic E-state index is 12.1. The van der Waals surface area contributed by atoms with E-state index in [4.69, 9.17) is 0 Å². The van der Waals surface area contributed by atoms with Crippen molar-refractivity contribution in [3.05, 3.63) is 24.3 Å². The van der Waals surface area contributed by atoms with Crippen LogP contribution in [0.15, 0.2) is 24.3 Å². The van der Waals surface area contributed by atoms with Gasteiger partial charge in [-0.2, -0.15) is 0 Å². The quantitative estimate of drug-likeness (QED) is 0.898. The van der Waals surface area contributed by atoms with Crippen molar-refractivity contribution in [2.75, 3.05) is 30.3 Å². The number of likely N-dealkylation sites (tertiary alicyclic amines) is 1. The summed E-state index contributed by atoms with van der Waals surface area (Å²) in [5.41, 5.74) is 1.47. The highest BCUT2D eigenvalue weighted by molar-refractivity contribution is 5.93. The zero-order valence-electron chi connectivity index (χ0n) is 13.6. The molecular weight excluding hydrogens is 278 g/mol. The van der Waals surface area contributed by atoms with E-state index in [0.29, 0.717) is 18.4 Å². The fourth-order valence-electron chi connectivity index (χ4n) is 3.16. The summed E-state index contributed by atoms with van der Waals surface area (Å²) in [5, 5.41) is 5.61. The van der Waals surface area contributed by atoms with E-state index in [2.05, 4.69) is 29.4 Å². The predicted molar refractivity (Wildman–Crippen MR) is 88.8 cm³/mol. The Balaban J connectivity index is 1.85. The van der Waals surface area contributed by atoms with Gasteiger partial charge in [0.25, 0.3) is 0 Å². The van der Waals surface area contributed by atoms with Crippen molar-refractivity contribution < 1.29 is 9.59 Å². The van der Waals surface area contributed by atoms with Gasteiger partial charge < -0.3 is 10.6 Å². The molecule has 5 heteroatoms. The molecular formula is C17H25N3O2. The molecule has 0 saturated carbocycles. The number of hydrogen-bond acceptors (Lipinski definition) is 3. The molecule has 0 radical (unpaired) electrons. The third kappa shape index (κ3) is 5.15. The van der Waals surface area contributed by atoms with Crippen molar-refractivity contribution in [3.63, 3.8) is 0 Å². The Hall–Kier alpha value is -1.88. The number of carbonyl (C=O) groups is 2. The van der Waals surface area contributed by atoms with Crippen LogP contribution in [0.1, 0.15) is 27.2 Å². The van der Waals surface area contributed by atoms with E-state index in [9.17, 15) is 9.59 Å². The Morgan fingerprint density at radius 1 is 1.05 bits per heavy atom. The minimum absolute atomic E-state index is 0.00794. The molecule has 0 spiro atoms. The maximum atomic E-state index is 12.1. The predicted octanol–water partition coefficient (Wildman–Crippen LogP) is 2.56. The highest BCUT2D eigenvalue weighted by Crippen LogP contribution is 2.20. The first kappa shape index (κ1) is 16.5. The van der Waals surface area contributed by atoms with Gasteiger partial charge in [0.2, 0.25) is 11.8 Å². The summed E-state index contributed by atoms with van der Waals surface area (Å²) >= 11 is 0. The first-order chi connectivity index (χ1) is 10.4. The van der Waals surface area contributed by atoms with Crippen LogP contribution >= 0.6 is 0 Å². The number of rotatable bonds is 4. The summed E-state index contributed by atoms with van der Waals surface area (Å²) in [7, 11) is 0. The topological polar surface area (TPSA) is 61.4 Å². The second kappa shape index (κ2) is 7.40. The molecule has 1 heterocycles. The standard InChI is InChI=1S/C17H25N3O2/c1-12-8-13(2)10-20(9-12)11-17(22)19-16-6-4-15(5-7-16)18-14(3)21/h4-7,12-13H,8-11H2,1-3H3,(H,18,21)(H,19,22)/t12-,13-/m0/s1. The molecule has 2 N–H and O–H groups in total. The van der Waals surface area contributed by atoms with Crippen molar-refractivity contribution in [2.45, 2.75) is 27.2 Å². The van der Waals surface area contributed by atoms with Crippen LogP contribution in [-0.2, 0) is 9.59 Å². The van der Waals surface area contributed by atoms with Crippen LogP contribution in [-0.4, -0.2) is 36.3 Å². The third-order valence-corrected chi connectivity index (χ3v) is 3.80. The fraction of sp³-hybridized carbons (Fsp3) is 0.529. The molecule has 0 unspecified atom stereocenters. The molecule has 22 heavy (non-hydrogen) atoms. The second-order valence-corrected chi connectivity index (χ2v) is 6.45. The van der Waals surface area contributed by atoms with Gasteiger partial charge in [0.15, 0.2) is 0 Å². The lowest BCUT2D eigenvalue weighted by Gasteiger charge is -2.34. The molecule has 120 valence electrons. The largest absolute Gasteiger partial charge is 0.326 e. The maximum Gasteiger partial charge on any atom is 0.238 e. The number of carbonyl (C=O) groups excluding carboxylic acids is 2. The van der Waals surface area contributed by atoms with Crippen molar-refractivity contribution in [1.82, 2.24) is 4.90 Å². The van der Waals surface area contributed by atoms with Gasteiger partial charge in [0, 0.05) is 31.4 Å². The summed E-state index contributed by atoms with van der Waals surface area (Å²) < 4.78 is 0. The van der Waals surface area contributed by atoms with Crippen LogP contribution in [0.4, 0.5) is 11.4 Å². The van der Waals surface area contributed by atoms with Crippen LogP contribution in [0.25, 0.3) is 0 Å². The normalized spacial score (nSPS) is 22.1. The van der Waals surface area contributed by atoms with E-state index in [-0.39, 0.29) is 11.8 Å². The molecule has 2 rings (SSSR count). The molecule has 2 atom stereocenters. The molecule has 0 aromatic heterocycles. The minimum atomic E-state index is -0.106. The molecule has 1 fully saturated rings. The van der Waals surface area contributed by atoms with Crippen LogP contribution in [0.3, 0.4) is 0 Å². The Bertz CT molecular complexity index is 517. The average molecular weight is 303 g/mol. The number of hydrogen-bond donors (Lipinski definition) is 2. The molecule has 1 aliphatic heterocycles. The second-order valence-electron chi connectivity index (χ2n) is 6.45.